The fraction of sp³-hybridized carbons (Fsp3) is 0.368. The molecule has 5 nitrogen and oxygen atoms in total. The molecule has 0 amide bonds. The van der Waals surface area contributed by atoms with Gasteiger partial charge in [-0.3, -0.25) is 0 Å². The quantitative estimate of drug-likeness (QED) is 0.143. The lowest BCUT2D eigenvalue weighted by Gasteiger charge is -2.47. The van der Waals surface area contributed by atoms with E-state index in [0.29, 0.717) is 33.0 Å². The van der Waals surface area contributed by atoms with Gasteiger partial charge in [-0.2, -0.15) is 0 Å². The van der Waals surface area contributed by atoms with Crippen LogP contribution < -0.4 is 0 Å². The summed E-state index contributed by atoms with van der Waals surface area (Å²) in [7, 11) is 0. The summed E-state index contributed by atoms with van der Waals surface area (Å²) >= 11 is 1.76. The summed E-state index contributed by atoms with van der Waals surface area (Å²) in [4.78, 5) is 0. The number of hydrogen-bond donors (Lipinski definition) is 0. The molecule has 1 aliphatic heterocycles. The molecule has 6 heteroatoms. The van der Waals surface area contributed by atoms with E-state index in [0.717, 1.165) is 22.3 Å². The highest BCUT2D eigenvalue weighted by Gasteiger charge is 2.49. The molecule has 0 aromatic heterocycles. The second-order valence-corrected chi connectivity index (χ2v) is 14.0. The summed E-state index contributed by atoms with van der Waals surface area (Å²) in [6.07, 6.45) is -1.57. The zero-order valence-corrected chi connectivity index (χ0v) is 26.7. The SMILES string of the molecule is CC(C)(C)S[C@@H]1O[C@H](COCc2ccccc2)[C@@H](OCc2ccccc2)[C@H](OCc2ccccc2)[C@H]1OCc1ccccc1. The van der Waals surface area contributed by atoms with Gasteiger partial charge in [-0.1, -0.05) is 142 Å². The molecule has 44 heavy (non-hydrogen) atoms. The molecule has 1 heterocycles. The van der Waals surface area contributed by atoms with Crippen LogP contribution in [0.4, 0.5) is 0 Å². The molecule has 0 aliphatic carbocycles. The summed E-state index contributed by atoms with van der Waals surface area (Å²) < 4.78 is 33.4. The van der Waals surface area contributed by atoms with Crippen LogP contribution in [0.5, 0.6) is 0 Å². The Kier molecular flexibility index (Phi) is 12.1. The standard InChI is InChI=1S/C38H44O5S/c1-38(2,3)44-37-36(42-27-32-22-14-7-15-23-32)35(41-26-31-20-12-6-13-21-31)34(40-25-30-18-10-5-11-19-30)33(43-37)28-39-24-29-16-8-4-9-17-29/h4-23,33-37H,24-28H2,1-3H3/t33-,34-,35+,36-,37+/m1/s1. The third kappa shape index (κ3) is 10.0. The lowest BCUT2D eigenvalue weighted by molar-refractivity contribution is -0.254. The highest BCUT2D eigenvalue weighted by Crippen LogP contribution is 2.40. The van der Waals surface area contributed by atoms with Crippen LogP contribution in [0.15, 0.2) is 121 Å². The first-order valence-corrected chi connectivity index (χ1v) is 16.2. The maximum Gasteiger partial charge on any atom is 0.133 e. The van der Waals surface area contributed by atoms with E-state index < -0.39 is 12.2 Å². The van der Waals surface area contributed by atoms with Crippen molar-refractivity contribution in [1.29, 1.82) is 0 Å². The molecule has 5 atom stereocenters. The Morgan fingerprint density at radius 2 is 0.909 bits per heavy atom. The summed E-state index contributed by atoms with van der Waals surface area (Å²) in [5, 5.41) is 0. The van der Waals surface area contributed by atoms with Gasteiger partial charge in [-0.05, 0) is 22.3 Å². The monoisotopic (exact) mass is 612 g/mol. The van der Waals surface area contributed by atoms with Crippen LogP contribution in [-0.4, -0.2) is 41.2 Å². The average Bonchev–Trinajstić information content (AvgIpc) is 3.04. The maximum atomic E-state index is 6.89. The number of rotatable bonds is 14. The Bertz CT molecular complexity index is 1350. The molecule has 4 aromatic carbocycles. The van der Waals surface area contributed by atoms with E-state index in [9.17, 15) is 0 Å². The van der Waals surface area contributed by atoms with Crippen molar-refractivity contribution in [3.8, 4) is 0 Å². The second kappa shape index (κ2) is 16.4. The first-order valence-electron chi connectivity index (χ1n) is 15.4. The van der Waals surface area contributed by atoms with E-state index in [2.05, 4.69) is 69.3 Å². The van der Waals surface area contributed by atoms with Crippen molar-refractivity contribution in [2.75, 3.05) is 6.61 Å². The van der Waals surface area contributed by atoms with Crippen LogP contribution in [0.3, 0.4) is 0 Å². The van der Waals surface area contributed by atoms with Crippen molar-refractivity contribution < 1.29 is 23.7 Å². The molecule has 1 aliphatic rings. The van der Waals surface area contributed by atoms with Crippen LogP contribution in [0.1, 0.15) is 43.0 Å². The van der Waals surface area contributed by atoms with Gasteiger partial charge in [-0.25, -0.2) is 0 Å². The zero-order chi connectivity index (χ0) is 30.6. The fourth-order valence-electron chi connectivity index (χ4n) is 5.19. The average molecular weight is 613 g/mol. The normalized spacial score (nSPS) is 22.1. The van der Waals surface area contributed by atoms with E-state index in [1.54, 1.807) is 11.8 Å². The van der Waals surface area contributed by atoms with Crippen LogP contribution in [0, 0.1) is 0 Å². The van der Waals surface area contributed by atoms with Crippen molar-refractivity contribution in [3.05, 3.63) is 144 Å². The van der Waals surface area contributed by atoms with Crippen molar-refractivity contribution in [2.45, 2.75) is 81.8 Å². The molecule has 0 bridgehead atoms. The zero-order valence-electron chi connectivity index (χ0n) is 25.9. The molecule has 0 saturated carbocycles. The van der Waals surface area contributed by atoms with Gasteiger partial charge in [0.1, 0.15) is 29.9 Å². The van der Waals surface area contributed by atoms with Gasteiger partial charge in [0.05, 0.1) is 33.0 Å². The largest absolute Gasteiger partial charge is 0.374 e. The lowest BCUT2D eigenvalue weighted by Crippen LogP contribution is -2.60. The molecule has 1 saturated heterocycles. The topological polar surface area (TPSA) is 46.2 Å². The molecular weight excluding hydrogens is 568 g/mol. The predicted molar refractivity (Wildman–Crippen MR) is 177 cm³/mol. The van der Waals surface area contributed by atoms with Crippen molar-refractivity contribution >= 4 is 11.8 Å². The van der Waals surface area contributed by atoms with E-state index in [4.69, 9.17) is 23.7 Å². The van der Waals surface area contributed by atoms with Gasteiger partial charge in [0.25, 0.3) is 0 Å². The number of hydrogen-bond acceptors (Lipinski definition) is 6. The van der Waals surface area contributed by atoms with Gasteiger partial charge in [0.2, 0.25) is 0 Å². The smallest absolute Gasteiger partial charge is 0.133 e. The Balaban J connectivity index is 1.44. The van der Waals surface area contributed by atoms with Crippen LogP contribution in [-0.2, 0) is 50.1 Å². The van der Waals surface area contributed by atoms with Crippen LogP contribution in [0.25, 0.3) is 0 Å². The van der Waals surface area contributed by atoms with E-state index in [1.807, 2.05) is 72.8 Å². The maximum absolute atomic E-state index is 6.89. The van der Waals surface area contributed by atoms with Gasteiger partial charge >= 0.3 is 0 Å². The van der Waals surface area contributed by atoms with E-state index >= 15 is 0 Å². The number of benzene rings is 4. The van der Waals surface area contributed by atoms with E-state index in [1.165, 1.54) is 0 Å². The van der Waals surface area contributed by atoms with Crippen molar-refractivity contribution in [3.63, 3.8) is 0 Å². The molecule has 232 valence electrons. The third-order valence-electron chi connectivity index (χ3n) is 7.31. The van der Waals surface area contributed by atoms with Crippen LogP contribution in [0.2, 0.25) is 0 Å². The Morgan fingerprint density at radius 1 is 0.523 bits per heavy atom. The van der Waals surface area contributed by atoms with Gasteiger partial charge in [-0.15, -0.1) is 11.8 Å². The third-order valence-corrected chi connectivity index (χ3v) is 8.63. The first-order chi connectivity index (χ1) is 21.4. The van der Waals surface area contributed by atoms with Crippen molar-refractivity contribution in [2.24, 2.45) is 0 Å². The Hall–Kier alpha value is -2.97. The van der Waals surface area contributed by atoms with Crippen molar-refractivity contribution in [1.82, 2.24) is 0 Å². The van der Waals surface area contributed by atoms with Gasteiger partial charge in [0, 0.05) is 4.75 Å². The van der Waals surface area contributed by atoms with Gasteiger partial charge < -0.3 is 23.7 Å². The molecule has 5 rings (SSSR count). The highest BCUT2D eigenvalue weighted by molar-refractivity contribution is 8.01. The summed E-state index contributed by atoms with van der Waals surface area (Å²) in [5.74, 6) is 0. The summed E-state index contributed by atoms with van der Waals surface area (Å²) in [6, 6.07) is 40.9. The number of ether oxygens (including phenoxy) is 5. The van der Waals surface area contributed by atoms with Crippen LogP contribution >= 0.6 is 11.8 Å². The first kappa shape index (κ1) is 32.4. The van der Waals surface area contributed by atoms with Gasteiger partial charge in [0.15, 0.2) is 0 Å². The fourth-order valence-corrected chi connectivity index (χ4v) is 6.45. The molecule has 0 unspecified atom stereocenters. The summed E-state index contributed by atoms with van der Waals surface area (Å²) in [5.41, 5.74) is 4.11. The molecular formula is C38H44O5S. The second-order valence-electron chi connectivity index (χ2n) is 12.1. The predicted octanol–water partition coefficient (Wildman–Crippen LogP) is 8.22. The minimum absolute atomic E-state index is 0.0732. The number of thioether (sulfide) groups is 1. The highest BCUT2D eigenvalue weighted by atomic mass is 32.2. The molecule has 1 fully saturated rings. The Labute approximate surface area is 266 Å². The minimum atomic E-state index is -0.424. The molecule has 0 spiro atoms. The van der Waals surface area contributed by atoms with E-state index in [-0.39, 0.29) is 22.4 Å². The minimum Gasteiger partial charge on any atom is -0.374 e. The Morgan fingerprint density at radius 3 is 1.34 bits per heavy atom. The summed E-state index contributed by atoms with van der Waals surface area (Å²) in [6.45, 7) is 8.78. The lowest BCUT2D eigenvalue weighted by atomic mass is 9.98. The molecule has 0 radical (unpaired) electrons. The molecule has 4 aromatic rings. The molecule has 0 N–H and O–H groups in total.